The van der Waals surface area contributed by atoms with E-state index in [1.807, 2.05) is 87.3 Å². The van der Waals surface area contributed by atoms with E-state index in [-0.39, 0.29) is 54.9 Å². The lowest BCUT2D eigenvalue weighted by Crippen LogP contribution is -2.51. The molecule has 71 heavy (non-hydrogen) atoms. The van der Waals surface area contributed by atoms with Gasteiger partial charge < -0.3 is 54.1 Å². The molecule has 6 heterocycles. The van der Waals surface area contributed by atoms with Crippen LogP contribution in [-0.4, -0.2) is 117 Å². The van der Waals surface area contributed by atoms with Gasteiger partial charge in [0.1, 0.15) is 29.8 Å². The van der Waals surface area contributed by atoms with Gasteiger partial charge in [0, 0.05) is 26.1 Å². The number of rotatable bonds is 12. The first-order valence-electron chi connectivity index (χ1n) is 24.2. The zero-order valence-electron chi connectivity index (χ0n) is 40.7. The maximum Gasteiger partial charge on any atom is 0.410 e. The van der Waals surface area contributed by atoms with Crippen molar-refractivity contribution >= 4 is 30.1 Å². The quantitative estimate of drug-likeness (QED) is 0.0895. The van der Waals surface area contributed by atoms with Crippen molar-refractivity contribution in [1.29, 1.82) is 0 Å². The third-order valence-electron chi connectivity index (χ3n) is 14.6. The Hall–Kier alpha value is -7.57. The number of benzene rings is 3. The van der Waals surface area contributed by atoms with Crippen molar-refractivity contribution in [2.75, 3.05) is 34.1 Å². The van der Waals surface area contributed by atoms with Gasteiger partial charge in [-0.3, -0.25) is 14.5 Å². The summed E-state index contributed by atoms with van der Waals surface area (Å²) in [6, 6.07) is 17.6. The number of amides is 5. The molecule has 10 rings (SSSR count). The topological polar surface area (TPSA) is 223 Å². The second-order valence-electron chi connectivity index (χ2n) is 20.0. The summed E-state index contributed by atoms with van der Waals surface area (Å²) in [4.78, 5) is 88.0. The number of ether oxygens (including phenoxy) is 5. The molecule has 2 saturated heterocycles. The van der Waals surface area contributed by atoms with Gasteiger partial charge in [-0.15, -0.1) is 0 Å². The van der Waals surface area contributed by atoms with E-state index in [1.165, 1.54) is 14.2 Å². The molecular weight excluding hydrogens is 911 g/mol. The maximum absolute atomic E-state index is 14.3. The predicted octanol–water partition coefficient (Wildman–Crippen LogP) is 7.47. The molecule has 2 unspecified atom stereocenters. The van der Waals surface area contributed by atoms with E-state index in [0.717, 1.165) is 69.9 Å². The van der Waals surface area contributed by atoms with Crippen molar-refractivity contribution in [2.45, 2.75) is 96.7 Å². The first kappa shape index (κ1) is 47.1. The van der Waals surface area contributed by atoms with Crippen molar-refractivity contribution in [1.82, 2.24) is 45.3 Å². The van der Waals surface area contributed by atoms with Crippen LogP contribution in [0, 0.1) is 17.3 Å². The minimum atomic E-state index is -0.899. The van der Waals surface area contributed by atoms with Crippen LogP contribution in [0.5, 0.6) is 11.5 Å². The highest BCUT2D eigenvalue weighted by Crippen LogP contribution is 2.58. The number of aromatic amines is 2. The van der Waals surface area contributed by atoms with Crippen molar-refractivity contribution in [3.8, 4) is 45.1 Å². The molecule has 3 aromatic carbocycles. The Labute approximate surface area is 410 Å². The third kappa shape index (κ3) is 9.44. The Balaban J connectivity index is 0.818. The van der Waals surface area contributed by atoms with Gasteiger partial charge in [0.15, 0.2) is 11.5 Å². The standard InChI is InChI=1S/C52H59N9O10/c1-28(2)43(57-49(64)67-5)47(62)60-25-36(71-51(66)59-23-34-17-41-42(70-27-69-41)18-35(34)24-59)19-39(60)45-53-21-37(55-45)32-11-7-30(8-12-32)31-9-13-33(14-10-31)38-22-54-46(56-38)40-20-52(15-16-52)26-61(40)48(63)44(29(3)4)58-50(65)68-6/h7-14,17-18,21-22,28-29,36,39-40,43-44H,15-16,19-20,23-27H2,1-6H3,(H,53,55)(H,54,56)(H,57,64)(H,58,65)/t36?,39-,40-,43-,44?/m0/s1. The number of hydrogen-bond acceptors (Lipinski definition) is 12. The molecule has 19 heteroatoms. The fraction of sp³-hybridized carbons (Fsp3) is 0.442. The Morgan fingerprint density at radius 2 is 1.17 bits per heavy atom. The second kappa shape index (κ2) is 19.0. The van der Waals surface area contributed by atoms with Crippen LogP contribution in [0.1, 0.15) is 88.2 Å². The van der Waals surface area contributed by atoms with E-state index in [0.29, 0.717) is 37.0 Å². The normalized spacial score (nSPS) is 20.3. The summed E-state index contributed by atoms with van der Waals surface area (Å²) >= 11 is 0. The van der Waals surface area contributed by atoms with E-state index in [2.05, 4.69) is 32.7 Å². The van der Waals surface area contributed by atoms with Crippen LogP contribution in [0.4, 0.5) is 14.4 Å². The number of fused-ring (bicyclic) bond motifs is 2. The first-order valence-corrected chi connectivity index (χ1v) is 24.2. The minimum absolute atomic E-state index is 0.0931. The molecule has 0 bridgehead atoms. The van der Waals surface area contributed by atoms with Crippen LogP contribution in [0.25, 0.3) is 33.6 Å². The lowest BCUT2D eigenvalue weighted by molar-refractivity contribution is -0.136. The molecule has 5 aliphatic rings. The summed E-state index contributed by atoms with van der Waals surface area (Å²) < 4.78 is 26.8. The molecule has 0 radical (unpaired) electrons. The van der Waals surface area contributed by atoms with Gasteiger partial charge in [-0.2, -0.15) is 0 Å². The molecule has 19 nitrogen and oxygen atoms in total. The molecule has 3 fully saturated rings. The molecule has 372 valence electrons. The summed E-state index contributed by atoms with van der Waals surface area (Å²) in [5, 5.41) is 5.43. The van der Waals surface area contributed by atoms with Crippen molar-refractivity contribution in [3.05, 3.63) is 95.8 Å². The molecule has 2 aromatic heterocycles. The van der Waals surface area contributed by atoms with Gasteiger partial charge in [-0.25, -0.2) is 24.4 Å². The van der Waals surface area contributed by atoms with Gasteiger partial charge in [0.25, 0.3) is 0 Å². The summed E-state index contributed by atoms with van der Waals surface area (Å²) in [5.41, 5.74) is 7.43. The van der Waals surface area contributed by atoms with Crippen LogP contribution < -0.4 is 20.1 Å². The van der Waals surface area contributed by atoms with E-state index >= 15 is 0 Å². The highest BCUT2D eigenvalue weighted by molar-refractivity contribution is 5.87. The fourth-order valence-electron chi connectivity index (χ4n) is 10.3. The number of carbonyl (C=O) groups is 5. The zero-order chi connectivity index (χ0) is 49.7. The summed E-state index contributed by atoms with van der Waals surface area (Å²) in [7, 11) is 2.54. The molecule has 1 aliphatic carbocycles. The Morgan fingerprint density at radius 1 is 0.690 bits per heavy atom. The van der Waals surface area contributed by atoms with Crippen LogP contribution >= 0.6 is 0 Å². The number of H-pyrrole nitrogens is 2. The van der Waals surface area contributed by atoms with E-state index in [9.17, 15) is 24.0 Å². The monoisotopic (exact) mass is 969 g/mol. The van der Waals surface area contributed by atoms with Crippen LogP contribution in [0.2, 0.25) is 0 Å². The van der Waals surface area contributed by atoms with Gasteiger partial charge in [0.05, 0.1) is 56.6 Å². The van der Waals surface area contributed by atoms with Gasteiger partial charge in [-0.1, -0.05) is 76.2 Å². The zero-order valence-corrected chi connectivity index (χ0v) is 40.7. The lowest BCUT2D eigenvalue weighted by Gasteiger charge is -2.30. The van der Waals surface area contributed by atoms with Crippen molar-refractivity contribution < 1.29 is 47.7 Å². The fourth-order valence-corrected chi connectivity index (χ4v) is 10.3. The Morgan fingerprint density at radius 3 is 1.65 bits per heavy atom. The average Bonchev–Trinajstić information content (AvgIpc) is 4.12. The van der Waals surface area contributed by atoms with Gasteiger partial charge in [-0.05, 0) is 82.0 Å². The SMILES string of the molecule is COC(=O)NC(C(=O)N1CC2(CC2)C[C@H]1c1ncc(-c2ccc(-c3ccc(-c4cnc([C@@H]5CC(OC(=O)N6Cc7cc8c(cc7C6)OCO8)CN5C(=O)[C@@H](NC(=O)OC)C(C)C)[nH]4)cc3)cc2)[nH]1)C(C)C. The van der Waals surface area contributed by atoms with Crippen LogP contribution in [0.15, 0.2) is 73.1 Å². The Bertz CT molecular complexity index is 2800. The number of imidazole rings is 2. The van der Waals surface area contributed by atoms with E-state index in [1.54, 1.807) is 16.0 Å². The average molecular weight is 970 g/mol. The van der Waals surface area contributed by atoms with Crippen LogP contribution in [-0.2, 0) is 36.9 Å². The largest absolute Gasteiger partial charge is 0.454 e. The minimum Gasteiger partial charge on any atom is -0.454 e. The number of likely N-dealkylation sites (tertiary alicyclic amines) is 2. The predicted molar refractivity (Wildman–Crippen MR) is 257 cm³/mol. The molecule has 5 atom stereocenters. The first-order chi connectivity index (χ1) is 34.2. The van der Waals surface area contributed by atoms with Gasteiger partial charge in [0.2, 0.25) is 18.6 Å². The summed E-state index contributed by atoms with van der Waals surface area (Å²) in [5.74, 6) is 1.67. The molecule has 4 aliphatic heterocycles. The second-order valence-corrected chi connectivity index (χ2v) is 20.0. The highest BCUT2D eigenvalue weighted by atomic mass is 16.7. The number of hydrogen-bond donors (Lipinski definition) is 4. The van der Waals surface area contributed by atoms with Gasteiger partial charge >= 0.3 is 18.3 Å². The molecule has 1 saturated carbocycles. The summed E-state index contributed by atoms with van der Waals surface area (Å²) in [6.07, 6.45) is 4.27. The number of nitrogens with one attached hydrogen (secondary N) is 4. The van der Waals surface area contributed by atoms with Crippen molar-refractivity contribution in [3.63, 3.8) is 0 Å². The molecule has 5 aromatic rings. The maximum atomic E-state index is 14.3. The lowest BCUT2D eigenvalue weighted by atomic mass is 10.0. The summed E-state index contributed by atoms with van der Waals surface area (Å²) in [6.45, 7) is 9.11. The molecule has 4 N–H and O–H groups in total. The number of methoxy groups -OCH3 is 2. The molecule has 5 amide bonds. The number of carbonyl (C=O) groups excluding carboxylic acids is 5. The molecule has 1 spiro atoms. The highest BCUT2D eigenvalue weighted by Gasteiger charge is 2.55. The number of alkyl carbamates (subject to hydrolysis) is 2. The number of nitrogens with zero attached hydrogens (tertiary/aromatic N) is 5. The smallest absolute Gasteiger partial charge is 0.410 e. The Kier molecular flexibility index (Phi) is 12.6. The van der Waals surface area contributed by atoms with Crippen molar-refractivity contribution in [2.24, 2.45) is 17.3 Å². The third-order valence-corrected chi connectivity index (χ3v) is 14.6. The number of aromatic nitrogens is 4. The van der Waals surface area contributed by atoms with Crippen LogP contribution in [0.3, 0.4) is 0 Å². The van der Waals surface area contributed by atoms with E-state index < -0.39 is 42.5 Å². The molecular formula is C52H59N9O10. The van der Waals surface area contributed by atoms with E-state index in [4.69, 9.17) is 33.7 Å².